The van der Waals surface area contributed by atoms with E-state index in [1.54, 1.807) is 12.4 Å². The van der Waals surface area contributed by atoms with Crippen LogP contribution in [0.1, 0.15) is 22.9 Å². The van der Waals surface area contributed by atoms with Crippen LogP contribution in [0.5, 0.6) is 0 Å². The molecular formula is C13H15N3. The first-order valence-corrected chi connectivity index (χ1v) is 5.35. The van der Waals surface area contributed by atoms with E-state index >= 15 is 0 Å². The van der Waals surface area contributed by atoms with Crippen LogP contribution in [0.15, 0.2) is 42.7 Å². The molecule has 0 bridgehead atoms. The second-order valence-electron chi connectivity index (χ2n) is 3.77. The largest absolute Gasteiger partial charge is 0.329 e. The molecule has 0 aliphatic rings. The Bertz CT molecular complexity index is 454. The lowest BCUT2D eigenvalue weighted by Gasteiger charge is -2.14. The molecule has 1 atom stereocenters. The van der Waals surface area contributed by atoms with E-state index in [1.165, 1.54) is 0 Å². The molecule has 3 nitrogen and oxygen atoms in total. The van der Waals surface area contributed by atoms with Gasteiger partial charge in [0.15, 0.2) is 0 Å². The molecule has 16 heavy (non-hydrogen) atoms. The smallest absolute Gasteiger partial charge is 0.0494 e. The molecule has 0 amide bonds. The van der Waals surface area contributed by atoms with E-state index in [2.05, 4.69) is 9.97 Å². The molecule has 2 rings (SSSR count). The fourth-order valence-electron chi connectivity index (χ4n) is 1.78. The average molecular weight is 213 g/mol. The number of hydrogen-bond donors (Lipinski definition) is 1. The van der Waals surface area contributed by atoms with Crippen molar-refractivity contribution >= 4 is 0 Å². The first-order valence-electron chi connectivity index (χ1n) is 5.35. The summed E-state index contributed by atoms with van der Waals surface area (Å²) in [5.74, 6) is 0.155. The van der Waals surface area contributed by atoms with Crippen molar-refractivity contribution in [2.75, 3.05) is 6.54 Å². The van der Waals surface area contributed by atoms with Crippen molar-refractivity contribution in [2.45, 2.75) is 12.8 Å². The fraction of sp³-hybridized carbons (Fsp3) is 0.231. The third-order valence-electron chi connectivity index (χ3n) is 2.61. The summed E-state index contributed by atoms with van der Waals surface area (Å²) < 4.78 is 0. The molecule has 2 N–H and O–H groups in total. The van der Waals surface area contributed by atoms with Gasteiger partial charge in [-0.2, -0.15) is 0 Å². The maximum atomic E-state index is 5.83. The van der Waals surface area contributed by atoms with Crippen LogP contribution in [0, 0.1) is 6.92 Å². The number of nitrogens with zero attached hydrogens (tertiary/aromatic N) is 2. The van der Waals surface area contributed by atoms with Gasteiger partial charge in [-0.1, -0.05) is 6.07 Å². The third kappa shape index (κ3) is 2.25. The molecule has 0 aromatic carbocycles. The molecule has 2 aromatic heterocycles. The van der Waals surface area contributed by atoms with Crippen LogP contribution >= 0.6 is 0 Å². The Morgan fingerprint density at radius 3 is 2.56 bits per heavy atom. The Morgan fingerprint density at radius 2 is 1.94 bits per heavy atom. The first kappa shape index (κ1) is 10.8. The Labute approximate surface area is 95.4 Å². The van der Waals surface area contributed by atoms with E-state index in [9.17, 15) is 0 Å². The van der Waals surface area contributed by atoms with Gasteiger partial charge in [0.2, 0.25) is 0 Å². The number of aromatic nitrogens is 2. The van der Waals surface area contributed by atoms with E-state index in [0.29, 0.717) is 6.54 Å². The summed E-state index contributed by atoms with van der Waals surface area (Å²) in [5.41, 5.74) is 9.03. The van der Waals surface area contributed by atoms with Crippen LogP contribution in [0.2, 0.25) is 0 Å². The third-order valence-corrected chi connectivity index (χ3v) is 2.61. The second kappa shape index (κ2) is 4.86. The predicted molar refractivity (Wildman–Crippen MR) is 64.1 cm³/mol. The Kier molecular flexibility index (Phi) is 3.27. The number of aryl methyl sites for hydroxylation is 1. The summed E-state index contributed by atoms with van der Waals surface area (Å²) >= 11 is 0. The molecule has 0 saturated heterocycles. The van der Waals surface area contributed by atoms with Crippen molar-refractivity contribution < 1.29 is 0 Å². The number of nitrogens with two attached hydrogens (primary N) is 1. The molecule has 2 aromatic rings. The van der Waals surface area contributed by atoms with E-state index in [1.807, 2.05) is 37.3 Å². The lowest BCUT2D eigenvalue weighted by atomic mass is 9.96. The molecule has 0 fully saturated rings. The van der Waals surface area contributed by atoms with Gasteiger partial charge in [-0.25, -0.2) is 0 Å². The van der Waals surface area contributed by atoms with E-state index in [-0.39, 0.29) is 5.92 Å². The van der Waals surface area contributed by atoms with Gasteiger partial charge in [0.1, 0.15) is 0 Å². The lowest BCUT2D eigenvalue weighted by Crippen LogP contribution is -2.15. The van der Waals surface area contributed by atoms with Crippen molar-refractivity contribution in [1.29, 1.82) is 0 Å². The summed E-state index contributed by atoms with van der Waals surface area (Å²) in [6, 6.07) is 10.00. The summed E-state index contributed by atoms with van der Waals surface area (Å²) in [7, 11) is 0. The normalized spacial score (nSPS) is 12.4. The maximum Gasteiger partial charge on any atom is 0.0494 e. The minimum Gasteiger partial charge on any atom is -0.329 e. The highest BCUT2D eigenvalue weighted by Crippen LogP contribution is 2.21. The standard InChI is InChI=1S/C13H15N3/c1-10-3-2-4-13(16-10)12(9-14)11-5-7-15-8-6-11/h2-8,12H,9,14H2,1H3. The van der Waals surface area contributed by atoms with Crippen molar-refractivity contribution in [3.8, 4) is 0 Å². The Morgan fingerprint density at radius 1 is 1.19 bits per heavy atom. The van der Waals surface area contributed by atoms with Crippen LogP contribution < -0.4 is 5.73 Å². The zero-order valence-corrected chi connectivity index (χ0v) is 9.30. The van der Waals surface area contributed by atoms with Crippen molar-refractivity contribution in [1.82, 2.24) is 9.97 Å². The minimum absolute atomic E-state index is 0.155. The van der Waals surface area contributed by atoms with Gasteiger partial charge in [-0.15, -0.1) is 0 Å². The first-order chi connectivity index (χ1) is 7.81. The highest BCUT2D eigenvalue weighted by molar-refractivity contribution is 5.28. The Balaban J connectivity index is 2.37. The van der Waals surface area contributed by atoms with Crippen LogP contribution in [-0.4, -0.2) is 16.5 Å². The molecule has 0 aliphatic carbocycles. The zero-order chi connectivity index (χ0) is 11.4. The van der Waals surface area contributed by atoms with Gasteiger partial charge in [-0.05, 0) is 36.8 Å². The highest BCUT2D eigenvalue weighted by Gasteiger charge is 2.13. The molecule has 1 unspecified atom stereocenters. The highest BCUT2D eigenvalue weighted by atomic mass is 14.7. The predicted octanol–water partition coefficient (Wildman–Crippen LogP) is 1.88. The second-order valence-corrected chi connectivity index (χ2v) is 3.77. The van der Waals surface area contributed by atoms with Crippen molar-refractivity contribution in [3.05, 3.63) is 59.7 Å². The van der Waals surface area contributed by atoms with Crippen LogP contribution in [0.25, 0.3) is 0 Å². The van der Waals surface area contributed by atoms with Crippen molar-refractivity contribution in [2.24, 2.45) is 5.73 Å². The molecule has 0 saturated carbocycles. The molecule has 0 aliphatic heterocycles. The molecule has 82 valence electrons. The number of pyridine rings is 2. The molecule has 0 spiro atoms. The quantitative estimate of drug-likeness (QED) is 0.846. The van der Waals surface area contributed by atoms with E-state index in [0.717, 1.165) is 17.0 Å². The van der Waals surface area contributed by atoms with E-state index in [4.69, 9.17) is 5.73 Å². The van der Waals surface area contributed by atoms with Gasteiger partial charge in [0, 0.05) is 36.2 Å². The topological polar surface area (TPSA) is 51.8 Å². The van der Waals surface area contributed by atoms with Crippen molar-refractivity contribution in [3.63, 3.8) is 0 Å². The van der Waals surface area contributed by atoms with Gasteiger partial charge < -0.3 is 5.73 Å². The van der Waals surface area contributed by atoms with Gasteiger partial charge in [0.25, 0.3) is 0 Å². The fourth-order valence-corrected chi connectivity index (χ4v) is 1.78. The van der Waals surface area contributed by atoms with Crippen LogP contribution in [0.4, 0.5) is 0 Å². The summed E-state index contributed by atoms with van der Waals surface area (Å²) in [6.45, 7) is 2.55. The van der Waals surface area contributed by atoms with E-state index < -0.39 is 0 Å². The van der Waals surface area contributed by atoms with Crippen LogP contribution in [0.3, 0.4) is 0 Å². The molecule has 2 heterocycles. The van der Waals surface area contributed by atoms with Crippen LogP contribution in [-0.2, 0) is 0 Å². The number of rotatable bonds is 3. The zero-order valence-electron chi connectivity index (χ0n) is 9.30. The minimum atomic E-state index is 0.155. The van der Waals surface area contributed by atoms with Gasteiger partial charge in [0.05, 0.1) is 0 Å². The molecule has 0 radical (unpaired) electrons. The lowest BCUT2D eigenvalue weighted by molar-refractivity contribution is 0.781. The monoisotopic (exact) mass is 213 g/mol. The number of hydrogen-bond acceptors (Lipinski definition) is 3. The Hall–Kier alpha value is -1.74. The summed E-state index contributed by atoms with van der Waals surface area (Å²) in [6.07, 6.45) is 3.57. The molecular weight excluding hydrogens is 198 g/mol. The van der Waals surface area contributed by atoms with Gasteiger partial charge in [-0.3, -0.25) is 9.97 Å². The summed E-state index contributed by atoms with van der Waals surface area (Å²) in [5, 5.41) is 0. The summed E-state index contributed by atoms with van der Waals surface area (Å²) in [4.78, 5) is 8.53. The maximum absolute atomic E-state index is 5.83. The molecule has 3 heteroatoms. The SMILES string of the molecule is Cc1cccc(C(CN)c2ccncc2)n1. The average Bonchev–Trinajstić information content (AvgIpc) is 2.31. The van der Waals surface area contributed by atoms with Gasteiger partial charge >= 0.3 is 0 Å².